The van der Waals surface area contributed by atoms with Crippen LogP contribution in [0.15, 0.2) is 24.4 Å². The van der Waals surface area contributed by atoms with Gasteiger partial charge < -0.3 is 11.1 Å². The third-order valence-electron chi connectivity index (χ3n) is 3.41. The highest BCUT2D eigenvalue weighted by molar-refractivity contribution is 8.00. The minimum Gasteiger partial charge on any atom is -0.398 e. The van der Waals surface area contributed by atoms with Crippen molar-refractivity contribution in [1.82, 2.24) is 4.98 Å². The minimum absolute atomic E-state index is 0.327. The van der Waals surface area contributed by atoms with Crippen molar-refractivity contribution in [2.24, 2.45) is 0 Å². The summed E-state index contributed by atoms with van der Waals surface area (Å²) in [5.74, 6) is 0.877. The van der Waals surface area contributed by atoms with Crippen LogP contribution < -0.4 is 11.1 Å². The summed E-state index contributed by atoms with van der Waals surface area (Å²) in [5, 5.41) is 4.57. The number of pyridine rings is 1. The topological polar surface area (TPSA) is 50.9 Å². The Kier molecular flexibility index (Phi) is 3.46. The van der Waals surface area contributed by atoms with Crippen LogP contribution in [0, 0.1) is 5.82 Å². The van der Waals surface area contributed by atoms with Gasteiger partial charge in [0.1, 0.15) is 0 Å². The molecule has 3 rings (SSSR count). The van der Waals surface area contributed by atoms with E-state index in [0.717, 1.165) is 11.9 Å². The van der Waals surface area contributed by atoms with Gasteiger partial charge in [-0.05, 0) is 36.8 Å². The molecule has 2 heterocycles. The van der Waals surface area contributed by atoms with Crippen LogP contribution in [0.5, 0.6) is 0 Å². The van der Waals surface area contributed by atoms with Crippen molar-refractivity contribution >= 4 is 34.0 Å². The number of nitrogens with one attached hydrogen (secondary N) is 1. The van der Waals surface area contributed by atoms with Gasteiger partial charge in [0.15, 0.2) is 5.82 Å². The molecule has 0 radical (unpaired) electrons. The molecular formula is C14H16FN3S. The lowest BCUT2D eigenvalue weighted by Crippen LogP contribution is -2.15. The van der Waals surface area contributed by atoms with Crippen LogP contribution in [0.3, 0.4) is 0 Å². The zero-order chi connectivity index (χ0) is 13.2. The second-order valence-corrected chi connectivity index (χ2v) is 6.15. The number of anilines is 2. The monoisotopic (exact) mass is 277 g/mol. The second kappa shape index (κ2) is 5.25. The largest absolute Gasteiger partial charge is 0.398 e. The predicted molar refractivity (Wildman–Crippen MR) is 80.1 cm³/mol. The SMILES string of the molecule is Nc1cc(F)c(NCC2CCCS2)c2ncccc12. The van der Waals surface area contributed by atoms with E-state index in [1.807, 2.05) is 23.9 Å². The van der Waals surface area contributed by atoms with Gasteiger partial charge in [-0.25, -0.2) is 4.39 Å². The summed E-state index contributed by atoms with van der Waals surface area (Å²) < 4.78 is 14.1. The summed E-state index contributed by atoms with van der Waals surface area (Å²) in [4.78, 5) is 4.26. The molecule has 3 N–H and O–H groups in total. The van der Waals surface area contributed by atoms with E-state index in [2.05, 4.69) is 10.3 Å². The Balaban J connectivity index is 1.93. The number of thioether (sulfide) groups is 1. The third-order valence-corrected chi connectivity index (χ3v) is 4.81. The third kappa shape index (κ3) is 2.47. The summed E-state index contributed by atoms with van der Waals surface area (Å²) in [5.41, 5.74) is 7.35. The first kappa shape index (κ1) is 12.5. The van der Waals surface area contributed by atoms with Crippen LogP contribution in [-0.4, -0.2) is 22.5 Å². The highest BCUT2D eigenvalue weighted by Crippen LogP contribution is 2.31. The van der Waals surface area contributed by atoms with E-state index in [9.17, 15) is 4.39 Å². The molecule has 1 aliphatic heterocycles. The molecule has 19 heavy (non-hydrogen) atoms. The van der Waals surface area contributed by atoms with E-state index in [0.29, 0.717) is 22.1 Å². The standard InChI is InChI=1S/C14H16FN3S/c15-11-7-12(16)10-4-1-5-17-13(10)14(11)18-8-9-3-2-6-19-9/h1,4-5,7,9,18H,2-3,6,8,16H2. The predicted octanol–water partition coefficient (Wildman–Crippen LogP) is 3.26. The maximum atomic E-state index is 14.1. The van der Waals surface area contributed by atoms with Crippen molar-refractivity contribution in [3.05, 3.63) is 30.2 Å². The zero-order valence-electron chi connectivity index (χ0n) is 10.5. The quantitative estimate of drug-likeness (QED) is 0.845. The Bertz CT molecular complexity index is 597. The molecule has 2 aromatic rings. The van der Waals surface area contributed by atoms with Gasteiger partial charge in [-0.15, -0.1) is 0 Å². The molecular weight excluding hydrogens is 261 g/mol. The molecule has 1 unspecified atom stereocenters. The van der Waals surface area contributed by atoms with Gasteiger partial charge in [0.25, 0.3) is 0 Å². The second-order valence-electron chi connectivity index (χ2n) is 4.74. The highest BCUT2D eigenvalue weighted by Gasteiger charge is 2.17. The van der Waals surface area contributed by atoms with E-state index in [1.165, 1.54) is 24.7 Å². The molecule has 0 amide bonds. The molecule has 5 heteroatoms. The van der Waals surface area contributed by atoms with E-state index in [-0.39, 0.29) is 5.82 Å². The van der Waals surface area contributed by atoms with E-state index < -0.39 is 0 Å². The molecule has 1 aromatic heterocycles. The number of nitrogen functional groups attached to an aromatic ring is 1. The average Bonchev–Trinajstić information content (AvgIpc) is 2.92. The van der Waals surface area contributed by atoms with E-state index >= 15 is 0 Å². The van der Waals surface area contributed by atoms with Gasteiger partial charge in [0, 0.05) is 29.1 Å². The van der Waals surface area contributed by atoms with Gasteiger partial charge in [-0.2, -0.15) is 11.8 Å². The fourth-order valence-corrected chi connectivity index (χ4v) is 3.63. The Hall–Kier alpha value is -1.49. The van der Waals surface area contributed by atoms with Crippen molar-refractivity contribution in [3.8, 4) is 0 Å². The van der Waals surface area contributed by atoms with Gasteiger partial charge in [0.2, 0.25) is 0 Å². The number of rotatable bonds is 3. The molecule has 0 spiro atoms. The van der Waals surface area contributed by atoms with Crippen LogP contribution in [0.25, 0.3) is 10.9 Å². The first-order valence-electron chi connectivity index (χ1n) is 6.44. The van der Waals surface area contributed by atoms with Crippen LogP contribution in [0.4, 0.5) is 15.8 Å². The molecule has 1 fully saturated rings. The highest BCUT2D eigenvalue weighted by atomic mass is 32.2. The number of hydrogen-bond acceptors (Lipinski definition) is 4. The molecule has 0 bridgehead atoms. The number of hydrogen-bond donors (Lipinski definition) is 2. The maximum Gasteiger partial charge on any atom is 0.150 e. The summed E-state index contributed by atoms with van der Waals surface area (Å²) in [6, 6.07) is 5.05. The van der Waals surface area contributed by atoms with Crippen LogP contribution >= 0.6 is 11.8 Å². The molecule has 1 saturated heterocycles. The lowest BCUT2D eigenvalue weighted by molar-refractivity contribution is 0.631. The van der Waals surface area contributed by atoms with Crippen molar-refractivity contribution in [2.45, 2.75) is 18.1 Å². The molecule has 0 saturated carbocycles. The number of fused-ring (bicyclic) bond motifs is 1. The first-order chi connectivity index (χ1) is 9.25. The normalized spacial score (nSPS) is 18.9. The molecule has 0 aliphatic carbocycles. The van der Waals surface area contributed by atoms with Crippen molar-refractivity contribution in [2.75, 3.05) is 23.3 Å². The van der Waals surface area contributed by atoms with Crippen molar-refractivity contribution < 1.29 is 4.39 Å². The van der Waals surface area contributed by atoms with E-state index in [1.54, 1.807) is 6.20 Å². The molecule has 1 aliphatic rings. The van der Waals surface area contributed by atoms with Crippen LogP contribution in [0.2, 0.25) is 0 Å². The Labute approximate surface area is 115 Å². The smallest absolute Gasteiger partial charge is 0.150 e. The minimum atomic E-state index is -0.327. The number of nitrogens with two attached hydrogens (primary N) is 1. The number of benzene rings is 1. The summed E-state index contributed by atoms with van der Waals surface area (Å²) in [6.07, 6.45) is 4.11. The summed E-state index contributed by atoms with van der Waals surface area (Å²) in [7, 11) is 0. The lowest BCUT2D eigenvalue weighted by Gasteiger charge is -2.14. The molecule has 1 atom stereocenters. The number of halogens is 1. The van der Waals surface area contributed by atoms with Gasteiger partial charge >= 0.3 is 0 Å². The van der Waals surface area contributed by atoms with Crippen molar-refractivity contribution in [1.29, 1.82) is 0 Å². The fraction of sp³-hybridized carbons (Fsp3) is 0.357. The summed E-state index contributed by atoms with van der Waals surface area (Å²) in [6.45, 7) is 0.775. The van der Waals surface area contributed by atoms with E-state index in [4.69, 9.17) is 5.73 Å². The molecule has 3 nitrogen and oxygen atoms in total. The van der Waals surface area contributed by atoms with Gasteiger partial charge in [-0.1, -0.05) is 0 Å². The summed E-state index contributed by atoms with van der Waals surface area (Å²) >= 11 is 1.95. The van der Waals surface area contributed by atoms with Gasteiger partial charge in [-0.3, -0.25) is 4.98 Å². The zero-order valence-corrected chi connectivity index (χ0v) is 11.3. The Morgan fingerprint density at radius 3 is 3.21 bits per heavy atom. The number of nitrogens with zero attached hydrogens (tertiary/aromatic N) is 1. The first-order valence-corrected chi connectivity index (χ1v) is 7.49. The lowest BCUT2D eigenvalue weighted by atomic mass is 10.1. The number of aromatic nitrogens is 1. The van der Waals surface area contributed by atoms with Crippen LogP contribution in [0.1, 0.15) is 12.8 Å². The average molecular weight is 277 g/mol. The van der Waals surface area contributed by atoms with Gasteiger partial charge in [0.05, 0.1) is 11.2 Å². The molecule has 1 aromatic carbocycles. The Morgan fingerprint density at radius 1 is 1.53 bits per heavy atom. The fourth-order valence-electron chi connectivity index (χ4n) is 2.43. The maximum absolute atomic E-state index is 14.1. The molecule has 100 valence electrons. The van der Waals surface area contributed by atoms with Crippen molar-refractivity contribution in [3.63, 3.8) is 0 Å². The van der Waals surface area contributed by atoms with Crippen LogP contribution in [-0.2, 0) is 0 Å². The Morgan fingerprint density at radius 2 is 2.42 bits per heavy atom.